The Balaban J connectivity index is 1.31. The van der Waals surface area contributed by atoms with E-state index in [0.29, 0.717) is 35.8 Å². The summed E-state index contributed by atoms with van der Waals surface area (Å²) in [6.07, 6.45) is 4.04. The first kappa shape index (κ1) is 22.6. The summed E-state index contributed by atoms with van der Waals surface area (Å²) in [6, 6.07) is 13.0. The number of fused-ring (bicyclic) bond motifs is 1. The molecule has 0 spiro atoms. The van der Waals surface area contributed by atoms with Crippen LogP contribution < -0.4 is 20.3 Å². The summed E-state index contributed by atoms with van der Waals surface area (Å²) in [7, 11) is 5.45. The monoisotopic (exact) mass is 449 g/mol. The highest BCUT2D eigenvalue weighted by Crippen LogP contribution is 2.29. The van der Waals surface area contributed by atoms with Gasteiger partial charge in [-0.15, -0.1) is 0 Å². The molecule has 0 radical (unpaired) electrons. The Labute approximate surface area is 194 Å². The fourth-order valence-electron chi connectivity index (χ4n) is 4.32. The highest BCUT2D eigenvalue weighted by Gasteiger charge is 2.23. The van der Waals surface area contributed by atoms with Crippen molar-refractivity contribution in [3.8, 4) is 11.5 Å². The third kappa shape index (κ3) is 5.27. The highest BCUT2D eigenvalue weighted by molar-refractivity contribution is 5.94. The van der Waals surface area contributed by atoms with Crippen LogP contribution in [-0.4, -0.2) is 54.8 Å². The number of phenols is 1. The van der Waals surface area contributed by atoms with E-state index in [1.54, 1.807) is 12.1 Å². The molecule has 1 aliphatic carbocycles. The van der Waals surface area contributed by atoms with Gasteiger partial charge in [0.1, 0.15) is 5.82 Å². The van der Waals surface area contributed by atoms with Crippen LogP contribution in [0.15, 0.2) is 42.5 Å². The van der Waals surface area contributed by atoms with E-state index in [0.717, 1.165) is 42.4 Å². The number of phenolic OH excluding ortho intramolecular Hbond substituents is 1. The number of nitrogens with zero attached hydrogens (tertiary/aromatic N) is 3. The molecule has 1 amide bonds. The summed E-state index contributed by atoms with van der Waals surface area (Å²) in [5, 5.41) is 17.3. The van der Waals surface area contributed by atoms with Crippen molar-refractivity contribution in [1.29, 1.82) is 0 Å². The zero-order valence-corrected chi connectivity index (χ0v) is 19.3. The fraction of sp³-hybridized carbons (Fsp3) is 0.400. The smallest absolute Gasteiger partial charge is 0.251 e. The lowest BCUT2D eigenvalue weighted by molar-refractivity contribution is 0.0943. The summed E-state index contributed by atoms with van der Waals surface area (Å²) < 4.78 is 5.09. The molecule has 0 aliphatic heterocycles. The second kappa shape index (κ2) is 9.94. The second-order valence-electron chi connectivity index (χ2n) is 8.74. The molecule has 1 heterocycles. The lowest BCUT2D eigenvalue weighted by Gasteiger charge is -2.29. The molecule has 8 heteroatoms. The number of methoxy groups -OCH3 is 1. The molecule has 1 aliphatic rings. The van der Waals surface area contributed by atoms with Gasteiger partial charge in [0.15, 0.2) is 11.5 Å². The van der Waals surface area contributed by atoms with Crippen molar-refractivity contribution in [3.63, 3.8) is 0 Å². The lowest BCUT2D eigenvalue weighted by atomic mass is 9.86. The predicted octanol–water partition coefficient (Wildman–Crippen LogP) is 3.81. The van der Waals surface area contributed by atoms with Crippen molar-refractivity contribution >= 4 is 28.6 Å². The summed E-state index contributed by atoms with van der Waals surface area (Å²) in [4.78, 5) is 24.0. The van der Waals surface area contributed by atoms with Gasteiger partial charge >= 0.3 is 0 Å². The number of hydrogen-bond donors (Lipinski definition) is 3. The maximum Gasteiger partial charge on any atom is 0.251 e. The predicted molar refractivity (Wildman–Crippen MR) is 130 cm³/mol. The van der Waals surface area contributed by atoms with Gasteiger partial charge in [0.25, 0.3) is 5.91 Å². The maximum absolute atomic E-state index is 12.5. The second-order valence-corrected chi connectivity index (χ2v) is 8.74. The first-order chi connectivity index (χ1) is 15.9. The Morgan fingerprint density at radius 1 is 1.12 bits per heavy atom. The van der Waals surface area contributed by atoms with Crippen LogP contribution >= 0.6 is 0 Å². The van der Waals surface area contributed by atoms with E-state index in [1.807, 2.05) is 43.3 Å². The van der Waals surface area contributed by atoms with Crippen molar-refractivity contribution < 1.29 is 14.6 Å². The van der Waals surface area contributed by atoms with Crippen LogP contribution in [0.4, 0.5) is 11.8 Å². The number of para-hydroxylation sites is 1. The molecule has 3 aromatic rings. The number of anilines is 2. The fourth-order valence-corrected chi connectivity index (χ4v) is 4.32. The number of rotatable bonds is 7. The van der Waals surface area contributed by atoms with Gasteiger partial charge in [-0.3, -0.25) is 4.79 Å². The summed E-state index contributed by atoms with van der Waals surface area (Å²) >= 11 is 0. The normalized spacial score (nSPS) is 18.0. The summed E-state index contributed by atoms with van der Waals surface area (Å²) in [6.45, 7) is 0.631. The van der Waals surface area contributed by atoms with Crippen LogP contribution in [0.2, 0.25) is 0 Å². The Hall–Kier alpha value is -3.55. The van der Waals surface area contributed by atoms with Crippen LogP contribution in [0.1, 0.15) is 36.0 Å². The number of amides is 1. The number of aromatic hydroxyl groups is 1. The van der Waals surface area contributed by atoms with E-state index in [-0.39, 0.29) is 11.7 Å². The molecule has 3 N–H and O–H groups in total. The first-order valence-electron chi connectivity index (χ1n) is 11.3. The molecule has 0 bridgehead atoms. The molecule has 174 valence electrons. The number of carbonyl (C=O) groups excluding carboxylic acids is 1. The van der Waals surface area contributed by atoms with Gasteiger partial charge in [-0.25, -0.2) is 4.98 Å². The molecule has 0 unspecified atom stereocenters. The number of nitrogens with one attached hydrogen (secondary N) is 2. The molecule has 1 saturated carbocycles. The maximum atomic E-state index is 12.5. The van der Waals surface area contributed by atoms with Crippen molar-refractivity contribution in [3.05, 3.63) is 48.0 Å². The van der Waals surface area contributed by atoms with Gasteiger partial charge in [-0.2, -0.15) is 4.98 Å². The standard InChI is InChI=1S/C25H31N5O3/c1-30(2)23-19-6-4-5-7-20(19)28-25(29-23)27-18-11-8-16(9-12-18)15-26-24(32)17-10-13-21(31)22(14-17)33-3/h4-7,10,13-14,16,18,31H,8-9,11-12,15H2,1-3H3,(H,26,32)(H,27,28,29). The average molecular weight is 450 g/mol. The van der Waals surface area contributed by atoms with Crippen LogP contribution in [0.3, 0.4) is 0 Å². The van der Waals surface area contributed by atoms with Gasteiger partial charge in [0.05, 0.1) is 12.6 Å². The summed E-state index contributed by atoms with van der Waals surface area (Å²) in [5.41, 5.74) is 1.41. The van der Waals surface area contributed by atoms with Crippen molar-refractivity contribution in [2.45, 2.75) is 31.7 Å². The molecule has 33 heavy (non-hydrogen) atoms. The number of ether oxygens (including phenoxy) is 1. The minimum atomic E-state index is -0.158. The van der Waals surface area contributed by atoms with Crippen LogP contribution in [0.5, 0.6) is 11.5 Å². The van der Waals surface area contributed by atoms with Gasteiger partial charge in [0.2, 0.25) is 5.95 Å². The molecule has 2 aromatic carbocycles. The number of carbonyl (C=O) groups is 1. The Kier molecular flexibility index (Phi) is 6.82. The molecule has 8 nitrogen and oxygen atoms in total. The van der Waals surface area contributed by atoms with Crippen molar-refractivity contribution in [1.82, 2.24) is 15.3 Å². The zero-order valence-electron chi connectivity index (χ0n) is 19.3. The van der Waals surface area contributed by atoms with Crippen molar-refractivity contribution in [2.24, 2.45) is 5.92 Å². The highest BCUT2D eigenvalue weighted by atomic mass is 16.5. The molecule has 0 atom stereocenters. The van der Waals surface area contributed by atoms with E-state index >= 15 is 0 Å². The number of hydrogen-bond acceptors (Lipinski definition) is 7. The Bertz CT molecular complexity index is 1130. The van der Waals surface area contributed by atoms with Gasteiger partial charge in [0, 0.05) is 37.6 Å². The molecule has 1 aromatic heterocycles. The third-order valence-corrected chi connectivity index (χ3v) is 6.18. The van der Waals surface area contributed by atoms with E-state index in [9.17, 15) is 9.90 Å². The Morgan fingerprint density at radius 2 is 1.88 bits per heavy atom. The van der Waals surface area contributed by atoms with Crippen LogP contribution in [0, 0.1) is 5.92 Å². The van der Waals surface area contributed by atoms with Crippen molar-refractivity contribution in [2.75, 3.05) is 38.0 Å². The number of aromatic nitrogens is 2. The van der Waals surface area contributed by atoms with Gasteiger partial charge in [-0.05, 0) is 61.9 Å². The largest absolute Gasteiger partial charge is 0.504 e. The summed E-state index contributed by atoms with van der Waals surface area (Å²) in [5.74, 6) is 2.16. The lowest BCUT2D eigenvalue weighted by Crippen LogP contribution is -2.34. The van der Waals surface area contributed by atoms with Gasteiger partial charge < -0.3 is 25.4 Å². The zero-order chi connectivity index (χ0) is 23.4. The van der Waals surface area contributed by atoms with Crippen LogP contribution in [0.25, 0.3) is 10.9 Å². The minimum Gasteiger partial charge on any atom is -0.504 e. The average Bonchev–Trinajstić information content (AvgIpc) is 2.83. The molecule has 4 rings (SSSR count). The quantitative estimate of drug-likeness (QED) is 0.504. The molecular formula is C25H31N5O3. The topological polar surface area (TPSA) is 99.6 Å². The van der Waals surface area contributed by atoms with E-state index in [1.165, 1.54) is 13.2 Å². The number of benzene rings is 2. The minimum absolute atomic E-state index is 0.0213. The van der Waals surface area contributed by atoms with E-state index in [2.05, 4.69) is 10.6 Å². The SMILES string of the molecule is COc1cc(C(=O)NCC2CCC(Nc3nc(N(C)C)c4ccccc4n3)CC2)ccc1O. The first-order valence-corrected chi connectivity index (χ1v) is 11.3. The van der Waals surface area contributed by atoms with Crippen LogP contribution in [-0.2, 0) is 0 Å². The Morgan fingerprint density at radius 3 is 2.61 bits per heavy atom. The van der Waals surface area contributed by atoms with Gasteiger partial charge in [-0.1, -0.05) is 12.1 Å². The van der Waals surface area contributed by atoms with E-state index in [4.69, 9.17) is 14.7 Å². The van der Waals surface area contributed by atoms with E-state index < -0.39 is 0 Å². The third-order valence-electron chi connectivity index (χ3n) is 6.18. The molecule has 0 saturated heterocycles. The molecule has 1 fully saturated rings. The molecular weight excluding hydrogens is 418 g/mol.